The predicted octanol–water partition coefficient (Wildman–Crippen LogP) is 5.00. The lowest BCUT2D eigenvalue weighted by molar-refractivity contribution is -0.134. The Morgan fingerprint density at radius 2 is 1.86 bits per heavy atom. The lowest BCUT2D eigenvalue weighted by Gasteiger charge is -2.53. The van der Waals surface area contributed by atoms with E-state index in [0.717, 1.165) is 43.4 Å². The third kappa shape index (κ3) is 3.97. The number of hydrogen-bond donors (Lipinski definition) is 1. The van der Waals surface area contributed by atoms with Crippen LogP contribution in [0, 0.1) is 12.3 Å². The first-order chi connectivity index (χ1) is 17.2. The summed E-state index contributed by atoms with van der Waals surface area (Å²) in [6.07, 6.45) is 6.70. The number of benzene rings is 2. The molecule has 36 heavy (non-hydrogen) atoms. The number of methoxy groups -OCH3 is 1. The predicted molar refractivity (Wildman–Crippen MR) is 139 cm³/mol. The Balaban J connectivity index is 0.000000205. The molecule has 4 heterocycles. The zero-order valence-electron chi connectivity index (χ0n) is 20.9. The van der Waals surface area contributed by atoms with Crippen LogP contribution < -0.4 is 0 Å². The number of carbonyl (C=O) groups is 1. The van der Waals surface area contributed by atoms with Gasteiger partial charge in [0.15, 0.2) is 0 Å². The summed E-state index contributed by atoms with van der Waals surface area (Å²) in [5.74, 6) is -0.225. The number of rotatable bonds is 3. The molecule has 1 saturated heterocycles. The molecular formula is C28H32N2O5S. The van der Waals surface area contributed by atoms with Crippen LogP contribution >= 0.6 is 0 Å². The Labute approximate surface area is 212 Å². The first kappa shape index (κ1) is 24.7. The molecule has 0 radical (unpaired) electrons. The molecule has 1 N–H and O–H groups in total. The van der Waals surface area contributed by atoms with Crippen LogP contribution in [0.3, 0.4) is 0 Å². The zero-order valence-corrected chi connectivity index (χ0v) is 21.7. The fourth-order valence-electron chi connectivity index (χ4n) is 6.24. The quantitative estimate of drug-likeness (QED) is 0.396. The summed E-state index contributed by atoms with van der Waals surface area (Å²) in [5, 5.41) is 1.30. The number of carbonyl (C=O) groups excluding carboxylic acids is 1. The third-order valence-corrected chi connectivity index (χ3v) is 8.83. The minimum atomic E-state index is -4.02. The van der Waals surface area contributed by atoms with E-state index in [2.05, 4.69) is 46.7 Å². The van der Waals surface area contributed by atoms with Gasteiger partial charge in [0.05, 0.1) is 23.6 Å². The van der Waals surface area contributed by atoms with Gasteiger partial charge in [0, 0.05) is 23.0 Å². The second-order valence-corrected chi connectivity index (χ2v) is 11.3. The number of aromatic nitrogens is 1. The third-order valence-electron chi connectivity index (χ3n) is 7.96. The highest BCUT2D eigenvalue weighted by Crippen LogP contribution is 2.57. The van der Waals surface area contributed by atoms with Gasteiger partial charge in [-0.05, 0) is 69.0 Å². The van der Waals surface area contributed by atoms with E-state index in [1.165, 1.54) is 42.3 Å². The maximum absolute atomic E-state index is 12.7. The van der Waals surface area contributed by atoms with Crippen LogP contribution in [0.25, 0.3) is 16.6 Å². The van der Waals surface area contributed by atoms with Crippen LogP contribution in [0.1, 0.15) is 49.0 Å². The van der Waals surface area contributed by atoms with Gasteiger partial charge >= 0.3 is 5.97 Å². The first-order valence-corrected chi connectivity index (χ1v) is 13.9. The number of para-hydroxylation sites is 1. The molecule has 8 heteroatoms. The average Bonchev–Trinajstić information content (AvgIpc) is 3.22. The lowest BCUT2D eigenvalue weighted by atomic mass is 9.66. The van der Waals surface area contributed by atoms with E-state index in [4.69, 9.17) is 9.29 Å². The van der Waals surface area contributed by atoms with Gasteiger partial charge in [-0.15, -0.1) is 0 Å². The van der Waals surface area contributed by atoms with Crippen molar-refractivity contribution in [3.63, 3.8) is 0 Å². The first-order valence-electron chi connectivity index (χ1n) is 12.4. The summed E-state index contributed by atoms with van der Waals surface area (Å²) in [7, 11) is -2.53. The van der Waals surface area contributed by atoms with Crippen molar-refractivity contribution in [1.29, 1.82) is 0 Å². The van der Waals surface area contributed by atoms with E-state index in [0.29, 0.717) is 11.7 Å². The summed E-state index contributed by atoms with van der Waals surface area (Å²) in [4.78, 5) is 15.3. The molecule has 2 atom stereocenters. The summed E-state index contributed by atoms with van der Waals surface area (Å²) in [6, 6.07) is 14.9. The fourth-order valence-corrected chi connectivity index (χ4v) is 6.72. The van der Waals surface area contributed by atoms with Crippen LogP contribution in [0.4, 0.5) is 0 Å². The minimum absolute atomic E-state index is 0.0430. The highest BCUT2D eigenvalue weighted by molar-refractivity contribution is 7.85. The Hall–Kier alpha value is -2.94. The van der Waals surface area contributed by atoms with Crippen LogP contribution in [0.5, 0.6) is 0 Å². The molecule has 0 saturated carbocycles. The number of piperidine rings is 1. The van der Waals surface area contributed by atoms with E-state index < -0.39 is 10.1 Å². The smallest absolute Gasteiger partial charge is 0.354 e. The Morgan fingerprint density at radius 3 is 2.53 bits per heavy atom. The molecule has 0 unspecified atom stereocenters. The van der Waals surface area contributed by atoms with Crippen molar-refractivity contribution >= 4 is 32.7 Å². The molecule has 3 aliphatic heterocycles. The minimum Gasteiger partial charge on any atom is -0.464 e. The molecule has 0 bridgehead atoms. The number of nitrogens with zero attached hydrogens (tertiary/aromatic N) is 2. The largest absolute Gasteiger partial charge is 0.464 e. The summed E-state index contributed by atoms with van der Waals surface area (Å²) in [5.41, 5.74) is 5.63. The van der Waals surface area contributed by atoms with E-state index in [-0.39, 0.29) is 16.3 Å². The molecule has 6 rings (SSSR count). The Morgan fingerprint density at radius 1 is 1.14 bits per heavy atom. The van der Waals surface area contributed by atoms with Crippen LogP contribution in [0.2, 0.25) is 0 Å². The topological polar surface area (TPSA) is 88.8 Å². The normalized spacial score (nSPS) is 22.8. The molecule has 1 fully saturated rings. The summed E-state index contributed by atoms with van der Waals surface area (Å²) >= 11 is 0. The molecule has 190 valence electrons. The van der Waals surface area contributed by atoms with Crippen LogP contribution in [0.15, 0.2) is 59.5 Å². The van der Waals surface area contributed by atoms with Gasteiger partial charge < -0.3 is 9.30 Å². The molecule has 7 nitrogen and oxygen atoms in total. The molecule has 3 aliphatic rings. The molecule has 0 spiro atoms. The van der Waals surface area contributed by atoms with Crippen LogP contribution in [-0.2, 0) is 26.1 Å². The van der Waals surface area contributed by atoms with E-state index >= 15 is 0 Å². The van der Waals surface area contributed by atoms with Crippen molar-refractivity contribution in [2.75, 3.05) is 20.2 Å². The highest BCUT2D eigenvalue weighted by Gasteiger charge is 2.51. The molecule has 3 aromatic rings. The number of fused-ring (bicyclic) bond motifs is 3. The number of ether oxygens (including phenoxy) is 1. The molecule has 2 aromatic carbocycles. The zero-order chi connectivity index (χ0) is 25.7. The molecule has 0 amide bonds. The second-order valence-electron chi connectivity index (χ2n) is 9.90. The highest BCUT2D eigenvalue weighted by atomic mass is 32.2. The molecule has 1 aromatic heterocycles. The van der Waals surface area contributed by atoms with Gasteiger partial charge in [0.1, 0.15) is 5.70 Å². The fraction of sp³-hybridized carbons (Fsp3) is 0.393. The Bertz CT molecular complexity index is 1460. The van der Waals surface area contributed by atoms with E-state index in [1.54, 1.807) is 12.1 Å². The van der Waals surface area contributed by atoms with Crippen molar-refractivity contribution in [1.82, 2.24) is 9.47 Å². The summed E-state index contributed by atoms with van der Waals surface area (Å²) in [6.45, 7) is 6.39. The van der Waals surface area contributed by atoms with Crippen molar-refractivity contribution in [2.24, 2.45) is 5.41 Å². The van der Waals surface area contributed by atoms with Gasteiger partial charge in [0.25, 0.3) is 10.1 Å². The van der Waals surface area contributed by atoms with E-state index in [1.807, 2.05) is 6.92 Å². The van der Waals surface area contributed by atoms with Crippen molar-refractivity contribution < 1.29 is 22.5 Å². The monoisotopic (exact) mass is 508 g/mol. The molecular weight excluding hydrogens is 476 g/mol. The number of esters is 1. The van der Waals surface area contributed by atoms with Gasteiger partial charge in [0.2, 0.25) is 0 Å². The van der Waals surface area contributed by atoms with Gasteiger partial charge in [-0.25, -0.2) is 4.79 Å². The van der Waals surface area contributed by atoms with Crippen molar-refractivity contribution in [3.8, 4) is 0 Å². The maximum Gasteiger partial charge on any atom is 0.354 e. The van der Waals surface area contributed by atoms with Gasteiger partial charge in [-0.3, -0.25) is 9.45 Å². The van der Waals surface area contributed by atoms with Crippen molar-refractivity contribution in [3.05, 3.63) is 71.4 Å². The second kappa shape index (κ2) is 9.18. The maximum atomic E-state index is 12.7. The number of aryl methyl sites for hydroxylation is 1. The molecule has 0 aliphatic carbocycles. The standard InChI is InChI=1S/C21H24N2O2.C7H8O3S/c1-3-21-10-6-11-22-12-9-15-14-7-4-5-8-16(14)23(18(15)19(21)22)17(13-21)20(24)25-2;1-6-2-4-7(5-3-6)11(8,9)10/h4-5,7-8,13,19H,3,6,9-12H2,1-2H3;2-5H,1H3,(H,8,9,10)/t19-,21+;/m1./s1. The van der Waals surface area contributed by atoms with Gasteiger partial charge in [-0.2, -0.15) is 8.42 Å². The summed E-state index contributed by atoms with van der Waals surface area (Å²) < 4.78 is 36.9. The van der Waals surface area contributed by atoms with Gasteiger partial charge in [-0.1, -0.05) is 42.8 Å². The number of hydrogen-bond acceptors (Lipinski definition) is 5. The Kier molecular flexibility index (Phi) is 6.31. The van der Waals surface area contributed by atoms with E-state index in [9.17, 15) is 13.2 Å². The lowest BCUT2D eigenvalue weighted by Crippen LogP contribution is -2.51. The SMILES string of the molecule is CC[C@@]12C=C(C(=O)OC)n3c4c(c5ccccc53)CCN(CCC1)[C@H]42.Cc1ccc(S(=O)(=O)O)cc1. The van der Waals surface area contributed by atoms with Crippen LogP contribution in [-0.4, -0.2) is 48.6 Å². The van der Waals surface area contributed by atoms with Crippen molar-refractivity contribution in [2.45, 2.75) is 50.5 Å². The average molecular weight is 509 g/mol.